The molecule has 0 saturated heterocycles. The monoisotopic (exact) mass is 376 g/mol. The Labute approximate surface area is 165 Å². The molecule has 0 bridgehead atoms. The van der Waals surface area contributed by atoms with E-state index in [-0.39, 0.29) is 24.8 Å². The number of pyridine rings is 1. The SMILES string of the molecule is COC(=O)CCN(Cc1ccccc1)C(=O)c1cc(C)nc2ccc(C)cc12. The predicted octanol–water partition coefficient (Wildman–Crippen LogP) is 4.06. The Balaban J connectivity index is 1.99. The van der Waals surface area contributed by atoms with Crippen LogP contribution in [-0.2, 0) is 16.1 Å². The van der Waals surface area contributed by atoms with Crippen LogP contribution >= 0.6 is 0 Å². The lowest BCUT2D eigenvalue weighted by molar-refractivity contribution is -0.140. The zero-order valence-electron chi connectivity index (χ0n) is 16.4. The molecular formula is C23H24N2O3. The van der Waals surface area contributed by atoms with Crippen LogP contribution < -0.4 is 0 Å². The minimum atomic E-state index is -0.336. The Morgan fingerprint density at radius 3 is 2.50 bits per heavy atom. The molecule has 5 heteroatoms. The lowest BCUT2D eigenvalue weighted by Crippen LogP contribution is -2.33. The van der Waals surface area contributed by atoms with Crippen molar-refractivity contribution in [3.05, 3.63) is 77.0 Å². The van der Waals surface area contributed by atoms with Gasteiger partial charge in [-0.3, -0.25) is 14.6 Å². The Hall–Kier alpha value is -3.21. The standard InChI is InChI=1S/C23H24N2O3/c1-16-9-10-21-19(13-16)20(14-17(2)24-21)23(27)25(12-11-22(26)28-3)15-18-7-5-4-6-8-18/h4-10,13-14H,11-12,15H2,1-3H3. The number of ether oxygens (including phenoxy) is 1. The van der Waals surface area contributed by atoms with Crippen molar-refractivity contribution in [2.75, 3.05) is 13.7 Å². The minimum absolute atomic E-state index is 0.117. The molecule has 0 saturated carbocycles. The van der Waals surface area contributed by atoms with Crippen LogP contribution in [0.5, 0.6) is 0 Å². The fourth-order valence-electron chi connectivity index (χ4n) is 3.20. The first-order valence-electron chi connectivity index (χ1n) is 9.26. The lowest BCUT2D eigenvalue weighted by Gasteiger charge is -2.23. The molecule has 0 aliphatic rings. The number of carbonyl (C=O) groups is 2. The van der Waals surface area contributed by atoms with E-state index in [9.17, 15) is 9.59 Å². The molecular weight excluding hydrogens is 352 g/mol. The Kier molecular flexibility index (Phi) is 6.04. The number of nitrogens with zero attached hydrogens (tertiary/aromatic N) is 2. The van der Waals surface area contributed by atoms with E-state index in [1.54, 1.807) is 4.90 Å². The Morgan fingerprint density at radius 2 is 1.79 bits per heavy atom. The van der Waals surface area contributed by atoms with Gasteiger partial charge in [-0.1, -0.05) is 42.0 Å². The molecule has 28 heavy (non-hydrogen) atoms. The van der Waals surface area contributed by atoms with Crippen molar-refractivity contribution in [2.24, 2.45) is 0 Å². The maximum atomic E-state index is 13.5. The highest BCUT2D eigenvalue weighted by Crippen LogP contribution is 2.22. The third kappa shape index (κ3) is 4.55. The molecule has 0 atom stereocenters. The zero-order chi connectivity index (χ0) is 20.1. The van der Waals surface area contributed by atoms with Gasteiger partial charge in [0.2, 0.25) is 0 Å². The van der Waals surface area contributed by atoms with Gasteiger partial charge in [-0.25, -0.2) is 0 Å². The van der Waals surface area contributed by atoms with Crippen LogP contribution in [0, 0.1) is 13.8 Å². The predicted molar refractivity (Wildman–Crippen MR) is 109 cm³/mol. The Morgan fingerprint density at radius 1 is 1.04 bits per heavy atom. The van der Waals surface area contributed by atoms with Gasteiger partial charge in [0.25, 0.3) is 5.91 Å². The molecule has 0 radical (unpaired) electrons. The van der Waals surface area contributed by atoms with Crippen LogP contribution in [0.2, 0.25) is 0 Å². The summed E-state index contributed by atoms with van der Waals surface area (Å²) in [5.41, 5.74) is 4.25. The number of hydrogen-bond acceptors (Lipinski definition) is 4. The summed E-state index contributed by atoms with van der Waals surface area (Å²) >= 11 is 0. The van der Waals surface area contributed by atoms with Crippen LogP contribution in [0.1, 0.15) is 33.6 Å². The average molecular weight is 376 g/mol. The summed E-state index contributed by atoms with van der Waals surface area (Å²) in [4.78, 5) is 31.4. The van der Waals surface area contributed by atoms with E-state index in [1.165, 1.54) is 7.11 Å². The molecule has 3 aromatic rings. The second-order valence-corrected chi connectivity index (χ2v) is 6.87. The van der Waals surface area contributed by atoms with Gasteiger partial charge in [0.05, 0.1) is 24.6 Å². The topological polar surface area (TPSA) is 59.5 Å². The molecule has 3 rings (SSSR count). The van der Waals surface area contributed by atoms with Crippen molar-refractivity contribution in [3.8, 4) is 0 Å². The third-order valence-electron chi connectivity index (χ3n) is 4.64. The lowest BCUT2D eigenvalue weighted by atomic mass is 10.0. The summed E-state index contributed by atoms with van der Waals surface area (Å²) in [5, 5.41) is 0.826. The van der Waals surface area contributed by atoms with E-state index in [1.807, 2.05) is 68.4 Å². The van der Waals surface area contributed by atoms with E-state index in [0.29, 0.717) is 12.1 Å². The van der Waals surface area contributed by atoms with E-state index in [0.717, 1.165) is 27.7 Å². The summed E-state index contributed by atoms with van der Waals surface area (Å²) in [7, 11) is 1.36. The van der Waals surface area contributed by atoms with Gasteiger partial charge < -0.3 is 9.64 Å². The van der Waals surface area contributed by atoms with Crippen LogP contribution in [0.4, 0.5) is 0 Å². The fraction of sp³-hybridized carbons (Fsp3) is 0.261. The van der Waals surface area contributed by atoms with Gasteiger partial charge in [-0.2, -0.15) is 0 Å². The van der Waals surface area contributed by atoms with E-state index < -0.39 is 0 Å². The van der Waals surface area contributed by atoms with E-state index >= 15 is 0 Å². The summed E-state index contributed by atoms with van der Waals surface area (Å²) in [6.07, 6.45) is 0.149. The highest BCUT2D eigenvalue weighted by Gasteiger charge is 2.20. The number of aryl methyl sites for hydroxylation is 2. The summed E-state index contributed by atoms with van der Waals surface area (Å²) in [6.45, 7) is 4.58. The van der Waals surface area contributed by atoms with Crippen LogP contribution in [0.15, 0.2) is 54.6 Å². The molecule has 1 aromatic heterocycles. The molecule has 0 spiro atoms. The molecule has 0 aliphatic carbocycles. The Bertz CT molecular complexity index is 999. The fourth-order valence-corrected chi connectivity index (χ4v) is 3.20. The zero-order valence-corrected chi connectivity index (χ0v) is 16.4. The highest BCUT2D eigenvalue weighted by molar-refractivity contribution is 6.06. The van der Waals surface area contributed by atoms with Crippen molar-refractivity contribution >= 4 is 22.8 Å². The molecule has 0 unspecified atom stereocenters. The highest BCUT2D eigenvalue weighted by atomic mass is 16.5. The first-order valence-corrected chi connectivity index (χ1v) is 9.26. The molecule has 2 aromatic carbocycles. The van der Waals surface area contributed by atoms with E-state index in [4.69, 9.17) is 4.74 Å². The number of benzene rings is 2. The number of aromatic nitrogens is 1. The number of carbonyl (C=O) groups excluding carboxylic acids is 2. The number of methoxy groups -OCH3 is 1. The maximum Gasteiger partial charge on any atom is 0.307 e. The number of amides is 1. The van der Waals surface area contributed by atoms with Crippen LogP contribution in [0.25, 0.3) is 10.9 Å². The number of esters is 1. The average Bonchev–Trinajstić information content (AvgIpc) is 2.70. The number of rotatable bonds is 6. The van der Waals surface area contributed by atoms with Crippen molar-refractivity contribution in [1.82, 2.24) is 9.88 Å². The van der Waals surface area contributed by atoms with Crippen molar-refractivity contribution in [3.63, 3.8) is 0 Å². The number of fused-ring (bicyclic) bond motifs is 1. The van der Waals surface area contributed by atoms with Crippen molar-refractivity contribution in [1.29, 1.82) is 0 Å². The molecule has 144 valence electrons. The van der Waals surface area contributed by atoms with Crippen LogP contribution in [0.3, 0.4) is 0 Å². The molecule has 0 fully saturated rings. The third-order valence-corrected chi connectivity index (χ3v) is 4.64. The van der Waals surface area contributed by atoms with E-state index in [2.05, 4.69) is 4.98 Å². The second kappa shape index (κ2) is 8.65. The van der Waals surface area contributed by atoms with Gasteiger partial charge in [-0.05, 0) is 37.6 Å². The van der Waals surface area contributed by atoms with Gasteiger partial charge in [0, 0.05) is 24.2 Å². The largest absolute Gasteiger partial charge is 0.469 e. The van der Waals surface area contributed by atoms with Crippen molar-refractivity contribution in [2.45, 2.75) is 26.8 Å². The molecule has 1 heterocycles. The number of hydrogen-bond donors (Lipinski definition) is 0. The first-order chi connectivity index (χ1) is 13.5. The summed E-state index contributed by atoms with van der Waals surface area (Å²) in [5.74, 6) is -0.452. The summed E-state index contributed by atoms with van der Waals surface area (Å²) in [6, 6.07) is 17.5. The van der Waals surface area contributed by atoms with Gasteiger partial charge in [-0.15, -0.1) is 0 Å². The quantitative estimate of drug-likeness (QED) is 0.609. The molecule has 0 aliphatic heterocycles. The molecule has 0 N–H and O–H groups in total. The van der Waals surface area contributed by atoms with Gasteiger partial charge in [0.15, 0.2) is 0 Å². The van der Waals surface area contributed by atoms with Gasteiger partial charge in [0.1, 0.15) is 0 Å². The van der Waals surface area contributed by atoms with Gasteiger partial charge >= 0.3 is 5.97 Å². The molecule has 1 amide bonds. The smallest absolute Gasteiger partial charge is 0.307 e. The maximum absolute atomic E-state index is 13.5. The van der Waals surface area contributed by atoms with Crippen molar-refractivity contribution < 1.29 is 14.3 Å². The second-order valence-electron chi connectivity index (χ2n) is 6.87. The normalized spacial score (nSPS) is 10.7. The van der Waals surface area contributed by atoms with Crippen LogP contribution in [-0.4, -0.2) is 35.4 Å². The molecule has 5 nitrogen and oxygen atoms in total. The summed E-state index contributed by atoms with van der Waals surface area (Å²) < 4.78 is 4.75. The first kappa shape index (κ1) is 19.5. The minimum Gasteiger partial charge on any atom is -0.469 e.